The van der Waals surface area contributed by atoms with Crippen LogP contribution in [0.4, 0.5) is 5.69 Å². The normalized spacial score (nSPS) is 13.4. The summed E-state index contributed by atoms with van der Waals surface area (Å²) in [7, 11) is -3.66. The van der Waals surface area contributed by atoms with Crippen molar-refractivity contribution in [3.05, 3.63) is 48.0 Å². The van der Waals surface area contributed by atoms with E-state index in [1.807, 2.05) is 13.8 Å². The quantitative estimate of drug-likeness (QED) is 0.791. The third-order valence-electron chi connectivity index (χ3n) is 3.89. The molecule has 2 aromatic rings. The predicted molar refractivity (Wildman–Crippen MR) is 102 cm³/mol. The lowest BCUT2D eigenvalue weighted by Crippen LogP contribution is -2.27. The summed E-state index contributed by atoms with van der Waals surface area (Å²) in [5, 5.41) is 2.75. The van der Waals surface area contributed by atoms with Crippen molar-refractivity contribution in [2.45, 2.75) is 18.7 Å². The Morgan fingerprint density at radius 1 is 1.07 bits per heavy atom. The van der Waals surface area contributed by atoms with Crippen molar-refractivity contribution in [3.63, 3.8) is 0 Å². The van der Waals surface area contributed by atoms with E-state index in [0.717, 1.165) is 0 Å². The third kappa shape index (κ3) is 4.78. The van der Waals surface area contributed by atoms with E-state index in [4.69, 9.17) is 9.47 Å². The number of nitrogens with one attached hydrogen (secondary N) is 2. The monoisotopic (exact) mass is 390 g/mol. The van der Waals surface area contributed by atoms with Crippen molar-refractivity contribution in [3.8, 4) is 11.5 Å². The summed E-state index contributed by atoms with van der Waals surface area (Å²) in [6, 6.07) is 11.0. The third-order valence-corrected chi connectivity index (χ3v) is 5.31. The number of anilines is 1. The van der Waals surface area contributed by atoms with Gasteiger partial charge in [-0.25, -0.2) is 13.1 Å². The second-order valence-corrected chi connectivity index (χ2v) is 8.35. The van der Waals surface area contributed by atoms with Gasteiger partial charge in [0.05, 0.1) is 4.90 Å². The van der Waals surface area contributed by atoms with Crippen LogP contribution in [0.25, 0.3) is 0 Å². The Labute approximate surface area is 158 Å². The molecular formula is C19H22N2O5S. The molecule has 0 unspecified atom stereocenters. The zero-order chi connectivity index (χ0) is 19.4. The Morgan fingerprint density at radius 3 is 2.56 bits per heavy atom. The maximum Gasteiger partial charge on any atom is 0.255 e. The highest BCUT2D eigenvalue weighted by atomic mass is 32.2. The molecule has 0 aliphatic carbocycles. The fourth-order valence-corrected chi connectivity index (χ4v) is 3.75. The standard InChI is InChI=1S/C19H22N2O5S/c1-13(2)12-20-27(23,24)16-5-3-4-14(10-16)19(22)21-15-6-7-17-18(11-15)26-9-8-25-17/h3-7,10-11,13,20H,8-9,12H2,1-2H3,(H,21,22). The minimum atomic E-state index is -3.66. The number of carbonyl (C=O) groups excluding carboxylic acids is 1. The first-order valence-electron chi connectivity index (χ1n) is 8.66. The van der Waals surface area contributed by atoms with Gasteiger partial charge < -0.3 is 14.8 Å². The Balaban J connectivity index is 1.76. The summed E-state index contributed by atoms with van der Waals surface area (Å²) in [5.41, 5.74) is 0.785. The molecule has 1 aliphatic heterocycles. The molecule has 0 spiro atoms. The van der Waals surface area contributed by atoms with Crippen LogP contribution in [0, 0.1) is 5.92 Å². The van der Waals surface area contributed by atoms with Crippen molar-refractivity contribution in [2.75, 3.05) is 25.1 Å². The van der Waals surface area contributed by atoms with Crippen LogP contribution in [0.15, 0.2) is 47.4 Å². The number of fused-ring (bicyclic) bond motifs is 1. The van der Waals surface area contributed by atoms with Crippen molar-refractivity contribution >= 4 is 21.6 Å². The van der Waals surface area contributed by atoms with Crippen LogP contribution in [0.3, 0.4) is 0 Å². The minimum Gasteiger partial charge on any atom is -0.486 e. The molecule has 0 fully saturated rings. The molecule has 1 heterocycles. The molecular weight excluding hydrogens is 368 g/mol. The topological polar surface area (TPSA) is 93.7 Å². The molecule has 3 rings (SSSR count). The lowest BCUT2D eigenvalue weighted by Gasteiger charge is -2.19. The summed E-state index contributed by atoms with van der Waals surface area (Å²) in [5.74, 6) is 0.964. The van der Waals surface area contributed by atoms with Crippen molar-refractivity contribution in [1.82, 2.24) is 4.72 Å². The number of ether oxygens (including phenoxy) is 2. The Bertz CT molecular complexity index is 941. The van der Waals surface area contributed by atoms with Crippen molar-refractivity contribution in [2.24, 2.45) is 5.92 Å². The number of hydrogen-bond donors (Lipinski definition) is 2. The van der Waals surface area contributed by atoms with Crippen LogP contribution in [0.2, 0.25) is 0 Å². The van der Waals surface area contributed by atoms with Gasteiger partial charge in [0.2, 0.25) is 10.0 Å². The second-order valence-electron chi connectivity index (χ2n) is 6.59. The van der Waals surface area contributed by atoms with E-state index in [0.29, 0.717) is 36.9 Å². The average molecular weight is 390 g/mol. The summed E-state index contributed by atoms with van der Waals surface area (Å²) < 4.78 is 38.2. The number of carbonyl (C=O) groups is 1. The van der Waals surface area contributed by atoms with E-state index in [1.165, 1.54) is 12.1 Å². The van der Waals surface area contributed by atoms with Gasteiger partial charge in [-0.3, -0.25) is 4.79 Å². The SMILES string of the molecule is CC(C)CNS(=O)(=O)c1cccc(C(=O)Nc2ccc3c(c2)OCCO3)c1. The van der Waals surface area contributed by atoms with Crippen LogP contribution < -0.4 is 19.5 Å². The molecule has 1 amide bonds. The molecule has 0 bridgehead atoms. The molecule has 144 valence electrons. The molecule has 1 aliphatic rings. The highest BCUT2D eigenvalue weighted by molar-refractivity contribution is 7.89. The van der Waals surface area contributed by atoms with Gasteiger partial charge in [0, 0.05) is 23.9 Å². The number of hydrogen-bond acceptors (Lipinski definition) is 5. The Hall–Kier alpha value is -2.58. The second kappa shape index (κ2) is 7.98. The summed E-state index contributed by atoms with van der Waals surface area (Å²) in [6.45, 7) is 5.11. The first-order chi connectivity index (χ1) is 12.8. The summed E-state index contributed by atoms with van der Waals surface area (Å²) in [6.07, 6.45) is 0. The first-order valence-corrected chi connectivity index (χ1v) is 10.1. The number of amides is 1. The van der Waals surface area contributed by atoms with Gasteiger partial charge in [-0.05, 0) is 36.2 Å². The summed E-state index contributed by atoms with van der Waals surface area (Å²) >= 11 is 0. The van der Waals surface area contributed by atoms with Gasteiger partial charge in [-0.2, -0.15) is 0 Å². The van der Waals surface area contributed by atoms with Crippen LogP contribution in [0.1, 0.15) is 24.2 Å². The molecule has 27 heavy (non-hydrogen) atoms. The maximum atomic E-state index is 12.5. The lowest BCUT2D eigenvalue weighted by molar-refractivity contribution is 0.102. The van der Waals surface area contributed by atoms with E-state index in [1.54, 1.807) is 30.3 Å². The van der Waals surface area contributed by atoms with Crippen LogP contribution >= 0.6 is 0 Å². The molecule has 0 radical (unpaired) electrons. The van der Waals surface area contributed by atoms with Gasteiger partial charge in [0.1, 0.15) is 13.2 Å². The zero-order valence-electron chi connectivity index (χ0n) is 15.2. The highest BCUT2D eigenvalue weighted by Gasteiger charge is 2.17. The Kier molecular flexibility index (Phi) is 5.67. The first kappa shape index (κ1) is 19.2. The van der Waals surface area contributed by atoms with E-state index in [2.05, 4.69) is 10.0 Å². The smallest absolute Gasteiger partial charge is 0.255 e. The lowest BCUT2D eigenvalue weighted by atomic mass is 10.2. The summed E-state index contributed by atoms with van der Waals surface area (Å²) in [4.78, 5) is 12.6. The van der Waals surface area contributed by atoms with Gasteiger partial charge >= 0.3 is 0 Å². The molecule has 7 nitrogen and oxygen atoms in total. The van der Waals surface area contributed by atoms with Crippen LogP contribution in [0.5, 0.6) is 11.5 Å². The van der Waals surface area contributed by atoms with Crippen LogP contribution in [-0.4, -0.2) is 34.1 Å². The van der Waals surface area contributed by atoms with E-state index in [-0.39, 0.29) is 16.4 Å². The molecule has 8 heteroatoms. The van der Waals surface area contributed by atoms with Gasteiger partial charge in [0.25, 0.3) is 5.91 Å². The Morgan fingerprint density at radius 2 is 1.81 bits per heavy atom. The fourth-order valence-electron chi connectivity index (χ4n) is 2.49. The minimum absolute atomic E-state index is 0.0537. The van der Waals surface area contributed by atoms with Crippen molar-refractivity contribution in [1.29, 1.82) is 0 Å². The van der Waals surface area contributed by atoms with Gasteiger partial charge in [0.15, 0.2) is 11.5 Å². The number of benzene rings is 2. The predicted octanol–water partition coefficient (Wildman–Crippen LogP) is 2.64. The molecule has 2 N–H and O–H groups in total. The molecule has 0 saturated carbocycles. The largest absolute Gasteiger partial charge is 0.486 e. The van der Waals surface area contributed by atoms with Crippen molar-refractivity contribution < 1.29 is 22.7 Å². The van der Waals surface area contributed by atoms with Crippen LogP contribution in [-0.2, 0) is 10.0 Å². The fraction of sp³-hybridized carbons (Fsp3) is 0.316. The maximum absolute atomic E-state index is 12.5. The van der Waals surface area contributed by atoms with Gasteiger partial charge in [-0.15, -0.1) is 0 Å². The van der Waals surface area contributed by atoms with E-state index >= 15 is 0 Å². The number of rotatable bonds is 6. The number of sulfonamides is 1. The molecule has 0 atom stereocenters. The van der Waals surface area contributed by atoms with E-state index < -0.39 is 15.9 Å². The van der Waals surface area contributed by atoms with Gasteiger partial charge in [-0.1, -0.05) is 19.9 Å². The zero-order valence-corrected chi connectivity index (χ0v) is 16.0. The molecule has 0 aromatic heterocycles. The molecule has 0 saturated heterocycles. The molecule has 2 aromatic carbocycles. The van der Waals surface area contributed by atoms with E-state index in [9.17, 15) is 13.2 Å². The highest BCUT2D eigenvalue weighted by Crippen LogP contribution is 2.32. The average Bonchev–Trinajstić information content (AvgIpc) is 2.66.